The number of thiazole rings is 1. The van der Waals surface area contributed by atoms with E-state index in [4.69, 9.17) is 9.47 Å². The molecule has 6 rings (SSSR count). The molecule has 0 radical (unpaired) electrons. The molecule has 0 spiro atoms. The summed E-state index contributed by atoms with van der Waals surface area (Å²) >= 11 is 1.20. The van der Waals surface area contributed by atoms with Crippen molar-refractivity contribution in [3.05, 3.63) is 156 Å². The molecule has 0 saturated heterocycles. The summed E-state index contributed by atoms with van der Waals surface area (Å²) in [7, 11) is 1.48. The number of fused-ring (bicyclic) bond motifs is 1. The quantitative estimate of drug-likeness (QED) is 0.208. The molecule has 1 aromatic heterocycles. The van der Waals surface area contributed by atoms with E-state index < -0.39 is 17.8 Å². The van der Waals surface area contributed by atoms with Gasteiger partial charge in [-0.25, -0.2) is 4.99 Å². The average molecular weight is 656 g/mol. The van der Waals surface area contributed by atoms with E-state index in [2.05, 4.69) is 10.3 Å². The number of anilines is 1. The molecule has 0 unspecified atom stereocenters. The van der Waals surface area contributed by atoms with Crippen LogP contribution in [0, 0.1) is 0 Å². The fraction of sp³-hybridized carbons (Fsp3) is 0.139. The molecule has 4 aromatic carbocycles. The Morgan fingerprint density at radius 1 is 0.979 bits per heavy atom. The molecule has 5 aromatic rings. The topological polar surface area (TPSA) is 81.9 Å². The van der Waals surface area contributed by atoms with E-state index >= 15 is 0 Å². The summed E-state index contributed by atoms with van der Waals surface area (Å²) in [6.45, 7) is 1.69. The summed E-state index contributed by atoms with van der Waals surface area (Å²) in [4.78, 5) is 32.9. The first-order valence-corrected chi connectivity index (χ1v) is 15.3. The number of para-hydroxylation sites is 1. The van der Waals surface area contributed by atoms with Gasteiger partial charge in [0.2, 0.25) is 0 Å². The molecule has 0 fully saturated rings. The van der Waals surface area contributed by atoms with Gasteiger partial charge in [0.15, 0.2) is 4.80 Å². The van der Waals surface area contributed by atoms with Gasteiger partial charge < -0.3 is 14.8 Å². The van der Waals surface area contributed by atoms with E-state index in [1.165, 1.54) is 30.6 Å². The van der Waals surface area contributed by atoms with Gasteiger partial charge in [-0.15, -0.1) is 0 Å². The highest BCUT2D eigenvalue weighted by atomic mass is 32.1. The van der Waals surface area contributed by atoms with Crippen LogP contribution in [-0.4, -0.2) is 17.6 Å². The molecule has 7 nitrogen and oxygen atoms in total. The lowest BCUT2D eigenvalue weighted by Gasteiger charge is -2.25. The molecular formula is C36H28F3N3O4S. The van der Waals surface area contributed by atoms with Crippen LogP contribution in [-0.2, 0) is 17.6 Å². The molecule has 1 atom stereocenters. The Kier molecular flexibility index (Phi) is 8.82. The Labute approximate surface area is 271 Å². The number of amides is 1. The minimum atomic E-state index is -4.49. The maximum atomic E-state index is 14.1. The van der Waals surface area contributed by atoms with Gasteiger partial charge in [0.05, 0.1) is 34.5 Å². The molecule has 2 heterocycles. The second-order valence-electron chi connectivity index (χ2n) is 10.7. The van der Waals surface area contributed by atoms with Gasteiger partial charge in [0.25, 0.3) is 11.5 Å². The molecule has 1 N–H and O–H groups in total. The number of nitrogens with zero attached hydrogens (tertiary/aromatic N) is 2. The maximum Gasteiger partial charge on any atom is 0.416 e. The highest BCUT2D eigenvalue weighted by Crippen LogP contribution is 2.33. The van der Waals surface area contributed by atoms with Gasteiger partial charge in [0.1, 0.15) is 18.1 Å². The Morgan fingerprint density at radius 2 is 1.70 bits per heavy atom. The largest absolute Gasteiger partial charge is 0.496 e. The van der Waals surface area contributed by atoms with E-state index in [9.17, 15) is 22.8 Å². The molecule has 0 bridgehead atoms. The number of hydrogen-bond donors (Lipinski definition) is 1. The van der Waals surface area contributed by atoms with Crippen LogP contribution in [0.15, 0.2) is 124 Å². The monoisotopic (exact) mass is 655 g/mol. The Bertz CT molecular complexity index is 2160. The highest BCUT2D eigenvalue weighted by Gasteiger charge is 2.33. The summed E-state index contributed by atoms with van der Waals surface area (Å²) < 4.78 is 52.6. The summed E-state index contributed by atoms with van der Waals surface area (Å²) in [5.41, 5.74) is 2.32. The Hall–Kier alpha value is -5.42. The van der Waals surface area contributed by atoms with Crippen LogP contribution >= 0.6 is 11.3 Å². The van der Waals surface area contributed by atoms with Gasteiger partial charge in [-0.05, 0) is 66.6 Å². The zero-order chi connectivity index (χ0) is 33.1. The summed E-state index contributed by atoms with van der Waals surface area (Å²) in [6, 6.07) is 27.6. The van der Waals surface area contributed by atoms with Gasteiger partial charge >= 0.3 is 6.18 Å². The first kappa shape index (κ1) is 31.6. The number of rotatable bonds is 8. The molecule has 11 heteroatoms. The molecule has 238 valence electrons. The summed E-state index contributed by atoms with van der Waals surface area (Å²) in [6.07, 6.45) is -2.78. The molecule has 0 aliphatic carbocycles. The molecule has 0 saturated carbocycles. The maximum absolute atomic E-state index is 14.1. The molecule has 1 amide bonds. The fourth-order valence-electron chi connectivity index (χ4n) is 5.36. The smallest absolute Gasteiger partial charge is 0.416 e. The van der Waals surface area contributed by atoms with Crippen molar-refractivity contribution in [2.45, 2.75) is 25.7 Å². The third-order valence-electron chi connectivity index (χ3n) is 7.57. The number of ether oxygens (including phenoxy) is 2. The van der Waals surface area contributed by atoms with Crippen molar-refractivity contribution in [2.24, 2.45) is 4.99 Å². The SMILES string of the molecule is COc1ccc(C=c2sc3n(c2=O)[C@H](c2ccccc2)C(C(=O)Nc2ccccc2)=C(C)N=3)cc1COc1cccc(C(F)(F)F)c1. The molecule has 1 aliphatic rings. The second kappa shape index (κ2) is 13.1. The third-order valence-corrected chi connectivity index (χ3v) is 8.55. The lowest BCUT2D eigenvalue weighted by Crippen LogP contribution is -2.40. The van der Waals surface area contributed by atoms with E-state index in [0.717, 1.165) is 17.7 Å². The van der Waals surface area contributed by atoms with Gasteiger partial charge in [-0.3, -0.25) is 14.2 Å². The second-order valence-corrected chi connectivity index (χ2v) is 11.7. The molecule has 1 aliphatic heterocycles. The number of benzene rings is 4. The van der Waals surface area contributed by atoms with Crippen molar-refractivity contribution in [1.82, 2.24) is 4.57 Å². The van der Waals surface area contributed by atoms with Crippen LogP contribution in [0.1, 0.15) is 35.2 Å². The lowest BCUT2D eigenvalue weighted by atomic mass is 9.95. The van der Waals surface area contributed by atoms with Crippen LogP contribution < -0.4 is 29.7 Å². The zero-order valence-corrected chi connectivity index (χ0v) is 26.1. The van der Waals surface area contributed by atoms with E-state index in [1.807, 2.05) is 48.5 Å². The fourth-order valence-corrected chi connectivity index (χ4v) is 6.40. The van der Waals surface area contributed by atoms with E-state index in [-0.39, 0.29) is 23.8 Å². The predicted octanol–water partition coefficient (Wildman–Crippen LogP) is 6.48. The van der Waals surface area contributed by atoms with Crippen LogP contribution in [0.25, 0.3) is 6.08 Å². The van der Waals surface area contributed by atoms with Crippen LogP contribution in [0.5, 0.6) is 11.5 Å². The van der Waals surface area contributed by atoms with Crippen molar-refractivity contribution in [3.8, 4) is 11.5 Å². The van der Waals surface area contributed by atoms with Gasteiger partial charge in [-0.2, -0.15) is 13.2 Å². The number of halogens is 3. The lowest BCUT2D eigenvalue weighted by molar-refractivity contribution is -0.137. The van der Waals surface area contributed by atoms with Gasteiger partial charge in [0, 0.05) is 11.3 Å². The first-order chi connectivity index (χ1) is 22.6. The van der Waals surface area contributed by atoms with Crippen molar-refractivity contribution in [1.29, 1.82) is 0 Å². The normalized spacial score (nSPS) is 14.7. The highest BCUT2D eigenvalue weighted by molar-refractivity contribution is 7.07. The molecular weight excluding hydrogens is 627 g/mol. The van der Waals surface area contributed by atoms with Crippen LogP contribution in [0.2, 0.25) is 0 Å². The Morgan fingerprint density at radius 3 is 2.40 bits per heavy atom. The summed E-state index contributed by atoms with van der Waals surface area (Å²) in [5.74, 6) is 0.175. The number of carbonyl (C=O) groups excluding carboxylic acids is 1. The number of aromatic nitrogens is 1. The van der Waals surface area contributed by atoms with Crippen molar-refractivity contribution < 1.29 is 27.4 Å². The zero-order valence-electron chi connectivity index (χ0n) is 25.2. The minimum Gasteiger partial charge on any atom is -0.496 e. The third kappa shape index (κ3) is 6.75. The van der Waals surface area contributed by atoms with Gasteiger partial charge in [-0.1, -0.05) is 72.0 Å². The minimum absolute atomic E-state index is 0.0592. The molecule has 47 heavy (non-hydrogen) atoms. The number of carbonyl (C=O) groups is 1. The number of hydrogen-bond acceptors (Lipinski definition) is 6. The number of alkyl halides is 3. The van der Waals surface area contributed by atoms with Crippen LogP contribution in [0.3, 0.4) is 0 Å². The standard InChI is InChI=1S/C36H28F3N3O4S/c1-22-31(33(43)41-27-13-7-4-8-14-27)32(24-10-5-3-6-11-24)42-34(44)30(47-35(42)40-22)19-23-16-17-29(45-2)25(18-23)21-46-28-15-9-12-26(20-28)36(37,38)39/h3-20,32H,21H2,1-2H3,(H,41,43)/t32-/m1/s1. The van der Waals surface area contributed by atoms with Crippen molar-refractivity contribution in [3.63, 3.8) is 0 Å². The number of methoxy groups -OCH3 is 1. The van der Waals surface area contributed by atoms with Crippen molar-refractivity contribution in [2.75, 3.05) is 12.4 Å². The summed E-state index contributed by atoms with van der Waals surface area (Å²) in [5, 5.41) is 2.93. The van der Waals surface area contributed by atoms with E-state index in [0.29, 0.717) is 43.2 Å². The van der Waals surface area contributed by atoms with Crippen molar-refractivity contribution >= 4 is 29.0 Å². The number of nitrogens with one attached hydrogen (secondary N) is 1. The van der Waals surface area contributed by atoms with E-state index in [1.54, 1.807) is 47.9 Å². The number of allylic oxidation sites excluding steroid dienone is 1. The predicted molar refractivity (Wildman–Crippen MR) is 174 cm³/mol. The average Bonchev–Trinajstić information content (AvgIpc) is 3.37. The van der Waals surface area contributed by atoms with Crippen LogP contribution in [0.4, 0.5) is 18.9 Å². The Balaban J connectivity index is 1.37. The first-order valence-electron chi connectivity index (χ1n) is 14.5.